The van der Waals surface area contributed by atoms with Gasteiger partial charge in [-0.3, -0.25) is 0 Å². The van der Waals surface area contributed by atoms with Crippen LogP contribution in [0.5, 0.6) is 0 Å². The average molecular weight is 287 g/mol. The summed E-state index contributed by atoms with van der Waals surface area (Å²) in [5, 5.41) is 8.22. The van der Waals surface area contributed by atoms with E-state index in [1.807, 2.05) is 6.07 Å². The Morgan fingerprint density at radius 3 is 2.43 bits per heavy atom. The molecule has 0 unspecified atom stereocenters. The number of rotatable bonds is 5. The van der Waals surface area contributed by atoms with Gasteiger partial charge < -0.3 is 20.0 Å². The van der Waals surface area contributed by atoms with E-state index >= 15 is 0 Å². The molecule has 0 radical (unpaired) electrons. The maximum Gasteiger partial charge on any atom is 0.318 e. The summed E-state index contributed by atoms with van der Waals surface area (Å²) in [5.74, 6) is 0.681. The molecule has 21 heavy (non-hydrogen) atoms. The lowest BCUT2D eigenvalue weighted by Crippen LogP contribution is -2.46. The van der Waals surface area contributed by atoms with Crippen LogP contribution in [0.3, 0.4) is 0 Å². The van der Waals surface area contributed by atoms with Gasteiger partial charge in [0.2, 0.25) is 5.89 Å². The Bertz CT molecular complexity index is 548. The van der Waals surface area contributed by atoms with Crippen molar-refractivity contribution in [2.75, 3.05) is 42.5 Å². The van der Waals surface area contributed by atoms with Crippen LogP contribution < -0.4 is 15.5 Å². The second-order valence-corrected chi connectivity index (χ2v) is 5.18. The normalized spacial score (nSPS) is 15.5. The fourth-order valence-corrected chi connectivity index (χ4v) is 2.52. The molecule has 1 aliphatic heterocycles. The van der Waals surface area contributed by atoms with E-state index < -0.39 is 0 Å². The van der Waals surface area contributed by atoms with Crippen LogP contribution in [0.15, 0.2) is 34.7 Å². The van der Waals surface area contributed by atoms with Gasteiger partial charge in [0.05, 0.1) is 0 Å². The van der Waals surface area contributed by atoms with Gasteiger partial charge >= 0.3 is 6.01 Å². The van der Waals surface area contributed by atoms with Gasteiger partial charge in [-0.25, -0.2) is 0 Å². The SMILES string of the molecule is NCCCc1nnc(N2CCN(c3ccccc3)CC2)o1. The Labute approximate surface area is 124 Å². The molecular weight excluding hydrogens is 266 g/mol. The largest absolute Gasteiger partial charge is 0.408 e. The van der Waals surface area contributed by atoms with Crippen molar-refractivity contribution in [3.05, 3.63) is 36.2 Å². The van der Waals surface area contributed by atoms with Crippen molar-refractivity contribution < 1.29 is 4.42 Å². The van der Waals surface area contributed by atoms with Gasteiger partial charge in [0.15, 0.2) is 0 Å². The van der Waals surface area contributed by atoms with Crippen molar-refractivity contribution in [3.63, 3.8) is 0 Å². The van der Waals surface area contributed by atoms with Crippen LogP contribution in [0.2, 0.25) is 0 Å². The van der Waals surface area contributed by atoms with Crippen molar-refractivity contribution in [2.24, 2.45) is 5.73 Å². The summed E-state index contributed by atoms with van der Waals surface area (Å²) in [7, 11) is 0. The number of hydrogen-bond acceptors (Lipinski definition) is 6. The number of benzene rings is 1. The second kappa shape index (κ2) is 6.58. The number of hydrogen-bond donors (Lipinski definition) is 1. The van der Waals surface area contributed by atoms with Gasteiger partial charge in [-0.1, -0.05) is 23.3 Å². The summed E-state index contributed by atoms with van der Waals surface area (Å²) in [4.78, 5) is 4.53. The zero-order valence-corrected chi connectivity index (χ0v) is 12.1. The van der Waals surface area contributed by atoms with Crippen LogP contribution in [-0.2, 0) is 6.42 Å². The Morgan fingerprint density at radius 2 is 1.71 bits per heavy atom. The van der Waals surface area contributed by atoms with Gasteiger partial charge in [0, 0.05) is 38.3 Å². The third-order valence-corrected chi connectivity index (χ3v) is 3.72. The Balaban J connectivity index is 1.57. The fraction of sp³-hybridized carbons (Fsp3) is 0.467. The number of aromatic nitrogens is 2. The van der Waals surface area contributed by atoms with Crippen LogP contribution in [0.1, 0.15) is 12.3 Å². The first-order chi connectivity index (χ1) is 10.4. The fourth-order valence-electron chi connectivity index (χ4n) is 2.52. The molecule has 6 nitrogen and oxygen atoms in total. The zero-order chi connectivity index (χ0) is 14.5. The Hall–Kier alpha value is -2.08. The number of anilines is 2. The van der Waals surface area contributed by atoms with Crippen molar-refractivity contribution in [1.29, 1.82) is 0 Å². The maximum atomic E-state index is 5.70. The molecule has 1 aromatic carbocycles. The van der Waals surface area contributed by atoms with Crippen molar-refractivity contribution in [3.8, 4) is 0 Å². The van der Waals surface area contributed by atoms with Crippen molar-refractivity contribution >= 4 is 11.7 Å². The molecule has 0 aliphatic carbocycles. The van der Waals surface area contributed by atoms with Gasteiger partial charge in [-0.05, 0) is 25.1 Å². The summed E-state index contributed by atoms with van der Waals surface area (Å²) < 4.78 is 5.70. The number of nitrogens with zero attached hydrogens (tertiary/aromatic N) is 4. The predicted molar refractivity (Wildman–Crippen MR) is 82.5 cm³/mol. The first kappa shape index (κ1) is 13.9. The first-order valence-corrected chi connectivity index (χ1v) is 7.44. The van der Waals surface area contributed by atoms with E-state index in [0.29, 0.717) is 18.5 Å². The van der Waals surface area contributed by atoms with Crippen LogP contribution in [0, 0.1) is 0 Å². The van der Waals surface area contributed by atoms with Crippen molar-refractivity contribution in [2.45, 2.75) is 12.8 Å². The lowest BCUT2D eigenvalue weighted by atomic mass is 10.2. The van der Waals surface area contributed by atoms with Gasteiger partial charge in [0.1, 0.15) is 0 Å². The molecule has 1 fully saturated rings. The molecule has 2 heterocycles. The first-order valence-electron chi connectivity index (χ1n) is 7.44. The molecule has 112 valence electrons. The molecule has 1 aromatic heterocycles. The van der Waals surface area contributed by atoms with E-state index in [-0.39, 0.29) is 0 Å². The molecule has 0 atom stereocenters. The Kier molecular flexibility index (Phi) is 4.35. The van der Waals surface area contributed by atoms with E-state index in [4.69, 9.17) is 10.2 Å². The Morgan fingerprint density at radius 1 is 1.00 bits per heavy atom. The van der Waals surface area contributed by atoms with E-state index in [2.05, 4.69) is 44.3 Å². The number of piperazine rings is 1. The van der Waals surface area contributed by atoms with E-state index in [1.54, 1.807) is 0 Å². The molecule has 1 aliphatic rings. The minimum absolute atomic E-state index is 0.634. The zero-order valence-electron chi connectivity index (χ0n) is 12.1. The minimum atomic E-state index is 0.634. The van der Waals surface area contributed by atoms with Gasteiger partial charge in [0.25, 0.3) is 0 Å². The highest BCUT2D eigenvalue weighted by Crippen LogP contribution is 2.19. The standard InChI is InChI=1S/C15H21N5O/c16-8-4-7-14-17-18-15(21-14)20-11-9-19(10-12-20)13-5-2-1-3-6-13/h1-3,5-6H,4,7-12,16H2. The molecule has 2 aromatic rings. The average Bonchev–Trinajstić information content (AvgIpc) is 3.03. The molecule has 0 bridgehead atoms. The van der Waals surface area contributed by atoms with Crippen molar-refractivity contribution in [1.82, 2.24) is 10.2 Å². The topological polar surface area (TPSA) is 71.4 Å². The highest BCUT2D eigenvalue weighted by Gasteiger charge is 2.21. The molecule has 1 saturated heterocycles. The third kappa shape index (κ3) is 3.33. The van der Waals surface area contributed by atoms with Gasteiger partial charge in [-0.2, -0.15) is 0 Å². The smallest absolute Gasteiger partial charge is 0.318 e. The molecule has 0 saturated carbocycles. The molecule has 0 spiro atoms. The molecular formula is C15H21N5O. The van der Waals surface area contributed by atoms with Gasteiger partial charge in [-0.15, -0.1) is 5.10 Å². The predicted octanol–water partition coefficient (Wildman–Crippen LogP) is 1.29. The van der Waals surface area contributed by atoms with E-state index in [1.165, 1.54) is 5.69 Å². The van der Waals surface area contributed by atoms with Crippen LogP contribution >= 0.6 is 0 Å². The van der Waals surface area contributed by atoms with Crippen LogP contribution in [-0.4, -0.2) is 42.9 Å². The van der Waals surface area contributed by atoms with E-state index in [0.717, 1.165) is 39.0 Å². The highest BCUT2D eigenvalue weighted by molar-refractivity contribution is 5.47. The third-order valence-electron chi connectivity index (χ3n) is 3.72. The monoisotopic (exact) mass is 287 g/mol. The summed E-state index contributed by atoms with van der Waals surface area (Å²) in [6, 6.07) is 11.1. The number of nitrogens with two attached hydrogens (primary N) is 1. The van der Waals surface area contributed by atoms with Crippen LogP contribution in [0.4, 0.5) is 11.7 Å². The molecule has 6 heteroatoms. The quantitative estimate of drug-likeness (QED) is 0.893. The lowest BCUT2D eigenvalue weighted by molar-refractivity contribution is 0.469. The lowest BCUT2D eigenvalue weighted by Gasteiger charge is -2.35. The molecule has 2 N–H and O–H groups in total. The van der Waals surface area contributed by atoms with Crippen LogP contribution in [0.25, 0.3) is 0 Å². The number of para-hydroxylation sites is 1. The maximum absolute atomic E-state index is 5.70. The molecule has 0 amide bonds. The number of aryl methyl sites for hydroxylation is 1. The summed E-state index contributed by atoms with van der Waals surface area (Å²) in [6.07, 6.45) is 1.64. The minimum Gasteiger partial charge on any atom is -0.408 e. The molecule has 3 rings (SSSR count). The summed E-state index contributed by atoms with van der Waals surface area (Å²) in [6.45, 7) is 4.36. The second-order valence-electron chi connectivity index (χ2n) is 5.18. The van der Waals surface area contributed by atoms with E-state index in [9.17, 15) is 0 Å². The highest BCUT2D eigenvalue weighted by atomic mass is 16.4. The summed E-state index contributed by atoms with van der Waals surface area (Å²) >= 11 is 0. The summed E-state index contributed by atoms with van der Waals surface area (Å²) in [5.41, 5.74) is 6.76.